The van der Waals surface area contributed by atoms with Gasteiger partial charge in [-0.1, -0.05) is 18.2 Å². The van der Waals surface area contributed by atoms with E-state index in [0.717, 1.165) is 5.56 Å². The quantitative estimate of drug-likeness (QED) is 0.806. The topological polar surface area (TPSA) is 73.1 Å². The van der Waals surface area contributed by atoms with Gasteiger partial charge in [-0.2, -0.15) is 5.26 Å². The fraction of sp³-hybridized carbons (Fsp3) is 0.333. The Morgan fingerprint density at radius 3 is 2.62 bits per heavy atom. The predicted octanol–water partition coefficient (Wildman–Crippen LogP) is 1.68. The number of nitrogens with zero attached hydrogens (tertiary/aromatic N) is 1. The second-order valence-corrected chi connectivity index (χ2v) is 3.65. The number of carbonyl (C=O) groups is 1. The molecule has 4 heteroatoms. The molecule has 0 bridgehead atoms. The van der Waals surface area contributed by atoms with E-state index in [1.165, 1.54) is 0 Å². The van der Waals surface area contributed by atoms with Crippen LogP contribution in [0.2, 0.25) is 0 Å². The molecule has 0 fully saturated rings. The van der Waals surface area contributed by atoms with Crippen molar-refractivity contribution in [3.05, 3.63) is 35.4 Å². The molecule has 0 aliphatic rings. The van der Waals surface area contributed by atoms with Crippen LogP contribution in [0.25, 0.3) is 0 Å². The highest BCUT2D eigenvalue weighted by Crippen LogP contribution is 2.17. The van der Waals surface area contributed by atoms with Gasteiger partial charge >= 0.3 is 5.97 Å². The Labute approximate surface area is 94.5 Å². The first-order chi connectivity index (χ1) is 7.56. The molecule has 2 N–H and O–H groups in total. The lowest BCUT2D eigenvalue weighted by Gasteiger charge is -2.18. The summed E-state index contributed by atoms with van der Waals surface area (Å²) in [5, 5.41) is 20.6. The molecule has 0 aromatic heterocycles. The van der Waals surface area contributed by atoms with Crippen molar-refractivity contribution in [3.8, 4) is 6.07 Å². The van der Waals surface area contributed by atoms with Crippen molar-refractivity contribution in [2.24, 2.45) is 0 Å². The van der Waals surface area contributed by atoms with Crippen molar-refractivity contribution in [2.75, 3.05) is 0 Å². The Morgan fingerprint density at radius 2 is 2.06 bits per heavy atom. The lowest BCUT2D eigenvalue weighted by Crippen LogP contribution is -2.35. The standard InChI is InChI=1S/C12H14N2O2/c1-8(14-9(2)12(15)16)11-6-4-3-5-10(11)7-13/h3-6,8-9,14H,1-2H3,(H,15,16)/t8?,9-/m0/s1. The van der Waals surface area contributed by atoms with Crippen LogP contribution in [0.1, 0.15) is 31.0 Å². The van der Waals surface area contributed by atoms with Gasteiger partial charge in [-0.3, -0.25) is 10.1 Å². The molecule has 0 saturated carbocycles. The highest BCUT2D eigenvalue weighted by molar-refractivity contribution is 5.72. The van der Waals surface area contributed by atoms with Crippen molar-refractivity contribution in [1.82, 2.24) is 5.32 Å². The smallest absolute Gasteiger partial charge is 0.320 e. The molecule has 84 valence electrons. The third-order valence-corrected chi connectivity index (χ3v) is 2.42. The Balaban J connectivity index is 2.85. The fourth-order valence-corrected chi connectivity index (χ4v) is 1.51. The number of rotatable bonds is 4. The molecule has 4 nitrogen and oxygen atoms in total. The number of nitrogens with one attached hydrogen (secondary N) is 1. The first-order valence-electron chi connectivity index (χ1n) is 5.04. The molecule has 0 amide bonds. The number of nitriles is 1. The summed E-state index contributed by atoms with van der Waals surface area (Å²) in [6, 6.07) is 8.45. The summed E-state index contributed by atoms with van der Waals surface area (Å²) in [4.78, 5) is 10.7. The monoisotopic (exact) mass is 218 g/mol. The average molecular weight is 218 g/mol. The van der Waals surface area contributed by atoms with Gasteiger partial charge in [0.15, 0.2) is 0 Å². The molecular weight excluding hydrogens is 204 g/mol. The van der Waals surface area contributed by atoms with E-state index in [2.05, 4.69) is 11.4 Å². The van der Waals surface area contributed by atoms with Crippen molar-refractivity contribution in [3.63, 3.8) is 0 Å². The van der Waals surface area contributed by atoms with Gasteiger partial charge in [0, 0.05) is 6.04 Å². The van der Waals surface area contributed by atoms with Crippen molar-refractivity contribution in [2.45, 2.75) is 25.9 Å². The van der Waals surface area contributed by atoms with Crippen LogP contribution in [0.5, 0.6) is 0 Å². The van der Waals surface area contributed by atoms with E-state index in [1.807, 2.05) is 19.1 Å². The van der Waals surface area contributed by atoms with E-state index < -0.39 is 12.0 Å². The molecule has 0 spiro atoms. The molecule has 1 aromatic rings. The number of hydrogen-bond acceptors (Lipinski definition) is 3. The first kappa shape index (κ1) is 12.2. The molecule has 16 heavy (non-hydrogen) atoms. The lowest BCUT2D eigenvalue weighted by atomic mass is 10.0. The summed E-state index contributed by atoms with van der Waals surface area (Å²) < 4.78 is 0. The largest absolute Gasteiger partial charge is 0.480 e. The molecular formula is C12H14N2O2. The SMILES string of the molecule is CC(N[C@@H](C)C(=O)O)c1ccccc1C#N. The number of carboxylic acid groups (broad SMARTS) is 1. The van der Waals surface area contributed by atoms with Crippen LogP contribution >= 0.6 is 0 Å². The van der Waals surface area contributed by atoms with Gasteiger partial charge in [0.25, 0.3) is 0 Å². The maximum Gasteiger partial charge on any atom is 0.320 e. The van der Waals surface area contributed by atoms with Gasteiger partial charge in [0.1, 0.15) is 6.04 Å². The number of aliphatic carboxylic acids is 1. The van der Waals surface area contributed by atoms with E-state index in [4.69, 9.17) is 10.4 Å². The molecule has 0 aliphatic carbocycles. The zero-order chi connectivity index (χ0) is 12.1. The summed E-state index contributed by atoms with van der Waals surface area (Å²) in [7, 11) is 0. The molecule has 1 aromatic carbocycles. The summed E-state index contributed by atoms with van der Waals surface area (Å²) in [6.07, 6.45) is 0. The highest BCUT2D eigenvalue weighted by Gasteiger charge is 2.16. The highest BCUT2D eigenvalue weighted by atomic mass is 16.4. The third-order valence-electron chi connectivity index (χ3n) is 2.42. The molecule has 0 aliphatic heterocycles. The van der Waals surface area contributed by atoms with Crippen LogP contribution in [-0.4, -0.2) is 17.1 Å². The van der Waals surface area contributed by atoms with Crippen LogP contribution in [0, 0.1) is 11.3 Å². The minimum atomic E-state index is -0.902. The predicted molar refractivity (Wildman–Crippen MR) is 59.8 cm³/mol. The van der Waals surface area contributed by atoms with E-state index in [-0.39, 0.29) is 6.04 Å². The third kappa shape index (κ3) is 2.81. The van der Waals surface area contributed by atoms with Gasteiger partial charge < -0.3 is 5.11 Å². The van der Waals surface area contributed by atoms with E-state index in [1.54, 1.807) is 19.1 Å². The van der Waals surface area contributed by atoms with E-state index in [0.29, 0.717) is 5.56 Å². The Morgan fingerprint density at radius 1 is 1.44 bits per heavy atom. The van der Waals surface area contributed by atoms with Crippen LogP contribution in [0.15, 0.2) is 24.3 Å². The van der Waals surface area contributed by atoms with Gasteiger partial charge in [0.2, 0.25) is 0 Å². The van der Waals surface area contributed by atoms with Crippen LogP contribution in [-0.2, 0) is 4.79 Å². The maximum absolute atomic E-state index is 10.7. The maximum atomic E-state index is 10.7. The second kappa shape index (κ2) is 5.29. The minimum Gasteiger partial charge on any atom is -0.480 e. The zero-order valence-electron chi connectivity index (χ0n) is 9.27. The van der Waals surface area contributed by atoms with Crippen molar-refractivity contribution < 1.29 is 9.90 Å². The molecule has 0 radical (unpaired) electrons. The van der Waals surface area contributed by atoms with Crippen LogP contribution in [0.3, 0.4) is 0 Å². The Bertz CT molecular complexity index is 423. The minimum absolute atomic E-state index is 0.165. The van der Waals surface area contributed by atoms with E-state index >= 15 is 0 Å². The van der Waals surface area contributed by atoms with Crippen molar-refractivity contribution in [1.29, 1.82) is 5.26 Å². The summed E-state index contributed by atoms with van der Waals surface area (Å²) >= 11 is 0. The normalized spacial score (nSPS) is 13.8. The summed E-state index contributed by atoms with van der Waals surface area (Å²) in [6.45, 7) is 3.42. The molecule has 0 heterocycles. The number of carboxylic acids is 1. The van der Waals surface area contributed by atoms with Gasteiger partial charge in [-0.25, -0.2) is 0 Å². The Kier molecular flexibility index (Phi) is 4.03. The van der Waals surface area contributed by atoms with Gasteiger partial charge in [-0.15, -0.1) is 0 Å². The molecule has 1 rings (SSSR count). The zero-order valence-corrected chi connectivity index (χ0v) is 9.27. The molecule has 2 atom stereocenters. The van der Waals surface area contributed by atoms with Gasteiger partial charge in [0.05, 0.1) is 11.6 Å². The van der Waals surface area contributed by atoms with Crippen molar-refractivity contribution >= 4 is 5.97 Å². The summed E-state index contributed by atoms with van der Waals surface area (Å²) in [5.74, 6) is -0.902. The second-order valence-electron chi connectivity index (χ2n) is 3.65. The molecule has 0 saturated heterocycles. The Hall–Kier alpha value is -1.86. The number of benzene rings is 1. The van der Waals surface area contributed by atoms with Gasteiger partial charge in [-0.05, 0) is 25.5 Å². The van der Waals surface area contributed by atoms with Crippen LogP contribution in [0.4, 0.5) is 0 Å². The average Bonchev–Trinajstić information content (AvgIpc) is 2.28. The summed E-state index contributed by atoms with van der Waals surface area (Å²) in [5.41, 5.74) is 1.39. The van der Waals surface area contributed by atoms with E-state index in [9.17, 15) is 4.79 Å². The number of hydrogen-bond donors (Lipinski definition) is 2. The molecule has 1 unspecified atom stereocenters. The fourth-order valence-electron chi connectivity index (χ4n) is 1.51. The first-order valence-corrected chi connectivity index (χ1v) is 5.04. The van der Waals surface area contributed by atoms with Crippen LogP contribution < -0.4 is 5.32 Å². The lowest BCUT2D eigenvalue weighted by molar-refractivity contribution is -0.139.